The molecule has 0 unspecified atom stereocenters. The molecular formula is C14H15F3N4S. The number of rotatable bonds is 4. The van der Waals surface area contributed by atoms with E-state index < -0.39 is 11.1 Å². The van der Waals surface area contributed by atoms with Crippen LogP contribution in [-0.2, 0) is 12.7 Å². The zero-order chi connectivity index (χ0) is 15.6. The Morgan fingerprint density at radius 2 is 1.91 bits per heavy atom. The maximum absolute atomic E-state index is 12.5. The lowest BCUT2D eigenvalue weighted by Gasteiger charge is -2.16. The Labute approximate surface area is 130 Å². The second kappa shape index (κ2) is 6.12. The molecule has 0 radical (unpaired) electrons. The van der Waals surface area contributed by atoms with E-state index in [1.165, 1.54) is 12.8 Å². The zero-order valence-electron chi connectivity index (χ0n) is 11.7. The van der Waals surface area contributed by atoms with Crippen molar-refractivity contribution in [3.63, 3.8) is 0 Å². The van der Waals surface area contributed by atoms with E-state index in [1.807, 2.05) is 12.1 Å². The molecule has 3 heterocycles. The van der Waals surface area contributed by atoms with Crippen molar-refractivity contribution in [2.24, 2.45) is 0 Å². The Morgan fingerprint density at radius 1 is 1.14 bits per heavy atom. The van der Waals surface area contributed by atoms with E-state index in [1.54, 1.807) is 6.20 Å². The van der Waals surface area contributed by atoms with Gasteiger partial charge in [-0.05, 0) is 24.5 Å². The minimum atomic E-state index is -4.34. The number of nitrogens with one attached hydrogen (secondary N) is 1. The Balaban J connectivity index is 1.58. The van der Waals surface area contributed by atoms with Gasteiger partial charge in [0.1, 0.15) is 10.7 Å². The molecule has 1 aliphatic rings. The lowest BCUT2D eigenvalue weighted by molar-refractivity contribution is -0.134. The van der Waals surface area contributed by atoms with Crippen LogP contribution in [0.4, 0.5) is 24.1 Å². The summed E-state index contributed by atoms with van der Waals surface area (Å²) >= 11 is 0.607. The van der Waals surface area contributed by atoms with Crippen LogP contribution in [-0.4, -0.2) is 23.1 Å². The highest BCUT2D eigenvalue weighted by molar-refractivity contribution is 7.15. The average Bonchev–Trinajstić information content (AvgIpc) is 3.16. The predicted molar refractivity (Wildman–Crippen MR) is 80.1 cm³/mol. The second-order valence-corrected chi connectivity index (χ2v) is 6.13. The highest BCUT2D eigenvalue weighted by atomic mass is 32.1. The van der Waals surface area contributed by atoms with Crippen LogP contribution in [0, 0.1) is 0 Å². The molecule has 0 aromatic carbocycles. The second-order valence-electron chi connectivity index (χ2n) is 5.10. The largest absolute Gasteiger partial charge is 0.427 e. The van der Waals surface area contributed by atoms with Gasteiger partial charge >= 0.3 is 6.18 Å². The van der Waals surface area contributed by atoms with Crippen molar-refractivity contribution in [3.8, 4) is 0 Å². The molecule has 0 atom stereocenters. The molecule has 0 bridgehead atoms. The maximum atomic E-state index is 12.5. The monoisotopic (exact) mass is 328 g/mol. The van der Waals surface area contributed by atoms with Gasteiger partial charge in [0.15, 0.2) is 5.13 Å². The molecule has 0 saturated carbocycles. The van der Waals surface area contributed by atoms with Gasteiger partial charge in [-0.1, -0.05) is 17.4 Å². The number of aromatic nitrogens is 2. The van der Waals surface area contributed by atoms with Gasteiger partial charge in [-0.25, -0.2) is 9.97 Å². The van der Waals surface area contributed by atoms with Crippen molar-refractivity contribution in [3.05, 3.63) is 35.0 Å². The number of hydrogen-bond donors (Lipinski definition) is 1. The minimum absolute atomic E-state index is 0.260. The lowest BCUT2D eigenvalue weighted by atomic mass is 10.3. The summed E-state index contributed by atoms with van der Waals surface area (Å²) in [7, 11) is 0. The fraction of sp³-hybridized carbons (Fsp3) is 0.429. The molecule has 8 heteroatoms. The van der Waals surface area contributed by atoms with Crippen molar-refractivity contribution in [2.75, 3.05) is 23.3 Å². The summed E-state index contributed by atoms with van der Waals surface area (Å²) in [6.07, 6.45) is 0.643. The summed E-state index contributed by atoms with van der Waals surface area (Å²) in [5, 5.41) is 3.16. The highest BCUT2D eigenvalue weighted by Crippen LogP contribution is 2.35. The van der Waals surface area contributed by atoms with E-state index in [9.17, 15) is 13.2 Å². The zero-order valence-corrected chi connectivity index (χ0v) is 12.5. The van der Waals surface area contributed by atoms with Crippen molar-refractivity contribution >= 4 is 22.3 Å². The van der Waals surface area contributed by atoms with Crippen LogP contribution >= 0.6 is 11.3 Å². The lowest BCUT2D eigenvalue weighted by Crippen LogP contribution is -2.18. The molecule has 4 nitrogen and oxygen atoms in total. The van der Waals surface area contributed by atoms with Gasteiger partial charge in [-0.15, -0.1) is 0 Å². The smallest absolute Gasteiger partial charge is 0.357 e. The summed E-state index contributed by atoms with van der Waals surface area (Å²) in [5.41, 5.74) is 0.909. The van der Waals surface area contributed by atoms with Crippen molar-refractivity contribution < 1.29 is 13.2 Å². The van der Waals surface area contributed by atoms with Crippen molar-refractivity contribution in [1.82, 2.24) is 9.97 Å². The molecule has 2 aromatic heterocycles. The van der Waals surface area contributed by atoms with Crippen molar-refractivity contribution in [2.45, 2.75) is 25.6 Å². The molecule has 0 spiro atoms. The molecule has 22 heavy (non-hydrogen) atoms. The molecular weight excluding hydrogens is 313 g/mol. The maximum Gasteiger partial charge on any atom is 0.427 e. The molecule has 118 valence electrons. The third-order valence-corrected chi connectivity index (χ3v) is 4.47. The summed E-state index contributed by atoms with van der Waals surface area (Å²) in [4.78, 5) is 9.68. The van der Waals surface area contributed by atoms with Gasteiger partial charge in [0, 0.05) is 25.8 Å². The number of pyridine rings is 1. The van der Waals surface area contributed by atoms with Gasteiger partial charge in [0.05, 0.1) is 6.20 Å². The van der Waals surface area contributed by atoms with Gasteiger partial charge in [0.25, 0.3) is 0 Å². The fourth-order valence-corrected chi connectivity index (χ4v) is 3.00. The summed E-state index contributed by atoms with van der Waals surface area (Å²) < 4.78 is 37.5. The summed E-state index contributed by atoms with van der Waals surface area (Å²) in [6.45, 7) is 2.46. The Kier molecular flexibility index (Phi) is 4.19. The molecule has 1 N–H and O–H groups in total. The van der Waals surface area contributed by atoms with Crippen LogP contribution in [0.15, 0.2) is 24.5 Å². The third-order valence-electron chi connectivity index (χ3n) is 3.47. The molecule has 1 aliphatic heterocycles. The summed E-state index contributed by atoms with van der Waals surface area (Å²) in [6, 6.07) is 3.89. The Morgan fingerprint density at radius 3 is 2.50 bits per heavy atom. The normalized spacial score (nSPS) is 15.3. The third kappa shape index (κ3) is 3.49. The van der Waals surface area contributed by atoms with Crippen LogP contribution in [0.5, 0.6) is 0 Å². The minimum Gasteiger partial charge on any atom is -0.357 e. The molecule has 1 saturated heterocycles. The van der Waals surface area contributed by atoms with Crippen LogP contribution in [0.1, 0.15) is 23.3 Å². The van der Waals surface area contributed by atoms with E-state index in [4.69, 9.17) is 0 Å². The van der Waals surface area contributed by atoms with E-state index in [2.05, 4.69) is 20.2 Å². The van der Waals surface area contributed by atoms with E-state index in [0.717, 1.165) is 30.7 Å². The number of nitrogens with zero attached hydrogens (tertiary/aromatic N) is 3. The first-order chi connectivity index (χ1) is 10.5. The first kappa shape index (κ1) is 15.1. The number of alkyl halides is 3. The predicted octanol–water partition coefficient (Wildman–Crippen LogP) is 3.77. The van der Waals surface area contributed by atoms with Gasteiger partial charge in [0.2, 0.25) is 0 Å². The van der Waals surface area contributed by atoms with Crippen LogP contribution < -0.4 is 10.2 Å². The quantitative estimate of drug-likeness (QED) is 0.927. The highest BCUT2D eigenvalue weighted by Gasteiger charge is 2.33. The molecule has 0 amide bonds. The number of thiazole rings is 1. The van der Waals surface area contributed by atoms with E-state index >= 15 is 0 Å². The molecule has 1 fully saturated rings. The van der Waals surface area contributed by atoms with Gasteiger partial charge in [-0.3, -0.25) is 0 Å². The Hall–Kier alpha value is -1.83. The number of halogens is 3. The Bertz CT molecular complexity index is 618. The SMILES string of the molecule is FC(F)(F)c1cnc(NCc2ccc(N3CCCC3)nc2)s1. The van der Waals surface area contributed by atoms with Crippen LogP contribution in [0.2, 0.25) is 0 Å². The standard InChI is InChI=1S/C14H15F3N4S/c15-14(16,17)11-9-20-13(22-11)19-8-10-3-4-12(18-7-10)21-5-1-2-6-21/h3-4,7,9H,1-2,5-6,8H2,(H,19,20). The first-order valence-corrected chi connectivity index (χ1v) is 7.81. The van der Waals surface area contributed by atoms with Gasteiger partial charge < -0.3 is 10.2 Å². The molecule has 0 aliphatic carbocycles. The van der Waals surface area contributed by atoms with E-state index in [-0.39, 0.29) is 5.13 Å². The average molecular weight is 328 g/mol. The fourth-order valence-electron chi connectivity index (χ4n) is 2.32. The topological polar surface area (TPSA) is 41.1 Å². The first-order valence-electron chi connectivity index (χ1n) is 6.99. The van der Waals surface area contributed by atoms with Crippen LogP contribution in [0.3, 0.4) is 0 Å². The number of hydrogen-bond acceptors (Lipinski definition) is 5. The van der Waals surface area contributed by atoms with Crippen molar-refractivity contribution in [1.29, 1.82) is 0 Å². The molecule has 2 aromatic rings. The van der Waals surface area contributed by atoms with Crippen LogP contribution in [0.25, 0.3) is 0 Å². The van der Waals surface area contributed by atoms with Gasteiger partial charge in [-0.2, -0.15) is 13.2 Å². The van der Waals surface area contributed by atoms with E-state index in [0.29, 0.717) is 17.9 Å². The summed E-state index contributed by atoms with van der Waals surface area (Å²) in [5.74, 6) is 0.954. The number of anilines is 2. The molecule has 3 rings (SSSR count).